The molecule has 2 aromatic rings. The van der Waals surface area contributed by atoms with Crippen molar-refractivity contribution in [2.75, 3.05) is 30.0 Å². The molecule has 0 atom stereocenters. The van der Waals surface area contributed by atoms with Gasteiger partial charge in [-0.2, -0.15) is 0 Å². The minimum Gasteiger partial charge on any atom is -0.398 e. The number of amides is 1. The summed E-state index contributed by atoms with van der Waals surface area (Å²) in [6.07, 6.45) is 0. The lowest BCUT2D eigenvalue weighted by atomic mass is 10.1. The molecule has 5 N–H and O–H groups in total. The van der Waals surface area contributed by atoms with Crippen LogP contribution in [-0.2, 0) is 0 Å². The summed E-state index contributed by atoms with van der Waals surface area (Å²) in [5, 5.41) is 2.90. The summed E-state index contributed by atoms with van der Waals surface area (Å²) in [6.45, 7) is 0. The van der Waals surface area contributed by atoms with Gasteiger partial charge in [0.05, 0.1) is 11.3 Å². The molecule has 0 saturated heterocycles. The topological polar surface area (TPSA) is 84.4 Å². The summed E-state index contributed by atoms with van der Waals surface area (Å²) in [5.41, 5.74) is 12.7. The van der Waals surface area contributed by atoms with Gasteiger partial charge in [-0.3, -0.25) is 4.79 Å². The Bertz CT molecular complexity index is 668. The number of halogens is 1. The molecular formula is C15H17FN4O. The Morgan fingerprint density at radius 3 is 2.33 bits per heavy atom. The number of hydrogen-bond acceptors (Lipinski definition) is 4. The molecule has 0 radical (unpaired) electrons. The molecule has 110 valence electrons. The number of nitrogens with two attached hydrogens (primary N) is 2. The van der Waals surface area contributed by atoms with E-state index in [2.05, 4.69) is 5.32 Å². The van der Waals surface area contributed by atoms with E-state index in [4.69, 9.17) is 11.5 Å². The maximum Gasteiger partial charge on any atom is 0.250 e. The van der Waals surface area contributed by atoms with E-state index in [1.54, 1.807) is 0 Å². The molecule has 0 fully saturated rings. The summed E-state index contributed by atoms with van der Waals surface area (Å²) in [7, 11) is 3.86. The van der Waals surface area contributed by atoms with Crippen LogP contribution in [0, 0.1) is 5.82 Å². The van der Waals surface area contributed by atoms with Crippen molar-refractivity contribution in [2.45, 2.75) is 0 Å². The average molecular weight is 288 g/mol. The number of anilines is 4. The Balaban J connectivity index is 2.30. The molecule has 0 unspecified atom stereocenters. The molecule has 21 heavy (non-hydrogen) atoms. The number of primary amides is 1. The predicted molar refractivity (Wildman–Crippen MR) is 83.4 cm³/mol. The Hall–Kier alpha value is -2.76. The number of benzene rings is 2. The van der Waals surface area contributed by atoms with Crippen molar-refractivity contribution < 1.29 is 9.18 Å². The number of carbonyl (C=O) groups is 1. The van der Waals surface area contributed by atoms with Gasteiger partial charge in [0.15, 0.2) is 0 Å². The van der Waals surface area contributed by atoms with Gasteiger partial charge in [-0.05, 0) is 36.4 Å². The fraction of sp³-hybridized carbons (Fsp3) is 0.133. The van der Waals surface area contributed by atoms with Crippen LogP contribution in [-0.4, -0.2) is 20.0 Å². The fourth-order valence-corrected chi connectivity index (χ4v) is 1.90. The number of carbonyl (C=O) groups excluding carboxylic acids is 1. The van der Waals surface area contributed by atoms with Gasteiger partial charge in [-0.25, -0.2) is 4.39 Å². The zero-order valence-electron chi connectivity index (χ0n) is 11.9. The summed E-state index contributed by atoms with van der Waals surface area (Å²) in [5.74, 6) is -1.24. The third-order valence-electron chi connectivity index (χ3n) is 3.07. The third-order valence-corrected chi connectivity index (χ3v) is 3.07. The van der Waals surface area contributed by atoms with Gasteiger partial charge < -0.3 is 21.7 Å². The zero-order chi connectivity index (χ0) is 15.6. The first kappa shape index (κ1) is 14.6. The van der Waals surface area contributed by atoms with Gasteiger partial charge in [0, 0.05) is 31.2 Å². The van der Waals surface area contributed by atoms with Crippen molar-refractivity contribution in [2.24, 2.45) is 5.73 Å². The summed E-state index contributed by atoms with van der Waals surface area (Å²) >= 11 is 0. The van der Waals surface area contributed by atoms with E-state index in [1.165, 1.54) is 6.07 Å². The van der Waals surface area contributed by atoms with Crippen LogP contribution in [0.3, 0.4) is 0 Å². The first-order chi connectivity index (χ1) is 9.88. The minimum atomic E-state index is -0.696. The number of rotatable bonds is 4. The first-order valence-electron chi connectivity index (χ1n) is 6.31. The number of nitrogens with one attached hydrogen (secondary N) is 1. The van der Waals surface area contributed by atoms with Gasteiger partial charge in [0.25, 0.3) is 5.91 Å². The molecule has 0 heterocycles. The number of nitrogen functional groups attached to an aromatic ring is 1. The van der Waals surface area contributed by atoms with Crippen molar-refractivity contribution in [1.29, 1.82) is 0 Å². The van der Waals surface area contributed by atoms with Gasteiger partial charge in [-0.1, -0.05) is 0 Å². The molecule has 1 amide bonds. The number of nitrogens with zero attached hydrogens (tertiary/aromatic N) is 1. The molecule has 0 aliphatic heterocycles. The van der Waals surface area contributed by atoms with Gasteiger partial charge in [0.2, 0.25) is 0 Å². The molecule has 5 nitrogen and oxygen atoms in total. The molecule has 0 aliphatic carbocycles. The highest BCUT2D eigenvalue weighted by Gasteiger charge is 2.12. The molecule has 2 rings (SSSR count). The van der Waals surface area contributed by atoms with Gasteiger partial charge >= 0.3 is 0 Å². The van der Waals surface area contributed by atoms with Gasteiger partial charge in [-0.15, -0.1) is 0 Å². The van der Waals surface area contributed by atoms with Crippen molar-refractivity contribution in [1.82, 2.24) is 0 Å². The Morgan fingerprint density at radius 2 is 1.81 bits per heavy atom. The SMILES string of the molecule is CN(C)c1ccc(Nc2cc(C(N)=O)c(N)cc2F)cc1. The van der Waals surface area contributed by atoms with Crippen LogP contribution >= 0.6 is 0 Å². The lowest BCUT2D eigenvalue weighted by Crippen LogP contribution is -2.14. The molecule has 0 spiro atoms. The van der Waals surface area contributed by atoms with Crippen molar-refractivity contribution >= 4 is 28.7 Å². The lowest BCUT2D eigenvalue weighted by Gasteiger charge is -2.14. The molecular weight excluding hydrogens is 271 g/mol. The molecule has 0 bridgehead atoms. The minimum absolute atomic E-state index is 0.0218. The van der Waals surface area contributed by atoms with Crippen molar-refractivity contribution in [3.05, 3.63) is 47.8 Å². The van der Waals surface area contributed by atoms with E-state index in [9.17, 15) is 9.18 Å². The highest BCUT2D eigenvalue weighted by Crippen LogP contribution is 2.26. The lowest BCUT2D eigenvalue weighted by molar-refractivity contribution is 0.100. The maximum absolute atomic E-state index is 13.9. The van der Waals surface area contributed by atoms with Crippen molar-refractivity contribution in [3.63, 3.8) is 0 Å². The summed E-state index contributed by atoms with van der Waals surface area (Å²) in [6, 6.07) is 9.81. The van der Waals surface area contributed by atoms with Gasteiger partial charge in [0.1, 0.15) is 5.82 Å². The first-order valence-corrected chi connectivity index (χ1v) is 6.31. The van der Waals surface area contributed by atoms with E-state index in [0.29, 0.717) is 5.69 Å². The van der Waals surface area contributed by atoms with Crippen LogP contribution in [0.2, 0.25) is 0 Å². The number of hydrogen-bond donors (Lipinski definition) is 3. The van der Waals surface area contributed by atoms with E-state index < -0.39 is 11.7 Å². The highest BCUT2D eigenvalue weighted by molar-refractivity contribution is 5.99. The van der Waals surface area contributed by atoms with E-state index >= 15 is 0 Å². The summed E-state index contributed by atoms with van der Waals surface area (Å²) < 4.78 is 13.9. The monoisotopic (exact) mass is 288 g/mol. The van der Waals surface area contributed by atoms with Crippen LogP contribution in [0.5, 0.6) is 0 Å². The van der Waals surface area contributed by atoms with Crippen LogP contribution in [0.15, 0.2) is 36.4 Å². The second-order valence-corrected chi connectivity index (χ2v) is 4.85. The zero-order valence-corrected chi connectivity index (χ0v) is 11.9. The second-order valence-electron chi connectivity index (χ2n) is 4.85. The quantitative estimate of drug-likeness (QED) is 0.754. The normalized spacial score (nSPS) is 10.2. The van der Waals surface area contributed by atoms with Crippen LogP contribution in [0.1, 0.15) is 10.4 Å². The molecule has 6 heteroatoms. The largest absolute Gasteiger partial charge is 0.398 e. The Labute approximate surface area is 122 Å². The maximum atomic E-state index is 13.9. The highest BCUT2D eigenvalue weighted by atomic mass is 19.1. The Morgan fingerprint density at radius 1 is 1.19 bits per heavy atom. The smallest absolute Gasteiger partial charge is 0.250 e. The third kappa shape index (κ3) is 3.22. The van der Waals surface area contributed by atoms with Crippen molar-refractivity contribution in [3.8, 4) is 0 Å². The van der Waals surface area contributed by atoms with E-state index in [0.717, 1.165) is 11.8 Å². The van der Waals surface area contributed by atoms with E-state index in [-0.39, 0.29) is 16.9 Å². The van der Waals surface area contributed by atoms with Crippen LogP contribution < -0.4 is 21.7 Å². The Kier molecular flexibility index (Phi) is 3.98. The molecule has 2 aromatic carbocycles. The summed E-state index contributed by atoms with van der Waals surface area (Å²) in [4.78, 5) is 13.2. The average Bonchev–Trinajstić information content (AvgIpc) is 2.42. The molecule has 0 aliphatic rings. The van der Waals surface area contributed by atoms with E-state index in [1.807, 2.05) is 43.3 Å². The second kappa shape index (κ2) is 5.70. The predicted octanol–water partition coefficient (Wildman–Crippen LogP) is 2.32. The standard InChI is InChI=1S/C15H17FN4O/c1-20(2)10-5-3-9(4-6-10)19-14-7-11(15(18)21)13(17)8-12(14)16/h3-8,19H,17H2,1-2H3,(H2,18,21). The van der Waals surface area contributed by atoms with Crippen LogP contribution in [0.4, 0.5) is 27.1 Å². The molecule has 0 saturated carbocycles. The fourth-order valence-electron chi connectivity index (χ4n) is 1.90. The van der Waals surface area contributed by atoms with Crippen LogP contribution in [0.25, 0.3) is 0 Å². The molecule has 0 aromatic heterocycles.